The van der Waals surface area contributed by atoms with Gasteiger partial charge < -0.3 is 9.84 Å². The minimum absolute atomic E-state index is 0.483. The first-order valence-corrected chi connectivity index (χ1v) is 3.71. The predicted octanol–water partition coefficient (Wildman–Crippen LogP) is 0.855. The van der Waals surface area contributed by atoms with Crippen molar-refractivity contribution in [3.8, 4) is 0 Å². The van der Waals surface area contributed by atoms with Crippen LogP contribution < -0.4 is 5.32 Å². The molecule has 0 aromatic rings. The van der Waals surface area contributed by atoms with Gasteiger partial charge in [-0.15, -0.1) is 0 Å². The second-order valence-corrected chi connectivity index (χ2v) is 2.72. The van der Waals surface area contributed by atoms with Crippen LogP contribution in [0.25, 0.3) is 0 Å². The molecular weight excluding hydrogens is 142 g/mol. The van der Waals surface area contributed by atoms with E-state index < -0.39 is 5.72 Å². The molecule has 0 aliphatic heterocycles. The summed E-state index contributed by atoms with van der Waals surface area (Å²) in [6, 6.07) is 0. The Bertz CT molecular complexity index is 132. The minimum atomic E-state index is -0.818. The van der Waals surface area contributed by atoms with Crippen molar-refractivity contribution in [2.45, 2.75) is 26.0 Å². The van der Waals surface area contributed by atoms with Gasteiger partial charge in [0.25, 0.3) is 0 Å². The van der Waals surface area contributed by atoms with Crippen LogP contribution in [0.15, 0.2) is 12.3 Å². The van der Waals surface area contributed by atoms with E-state index in [0.717, 1.165) is 0 Å². The second-order valence-electron chi connectivity index (χ2n) is 2.72. The summed E-state index contributed by atoms with van der Waals surface area (Å²) in [5.41, 5.74) is -0.818. The van der Waals surface area contributed by atoms with Crippen LogP contribution in [-0.4, -0.2) is 24.5 Å². The van der Waals surface area contributed by atoms with Crippen LogP contribution >= 0.6 is 0 Å². The quantitative estimate of drug-likeness (QED) is 0.461. The largest absolute Gasteiger partial charge is 0.500 e. The molecular formula is C8H17NO2. The smallest absolute Gasteiger partial charge is 0.113 e. The Hall–Kier alpha value is -0.540. The highest BCUT2D eigenvalue weighted by molar-refractivity contribution is 4.86. The Balaban J connectivity index is 3.61. The van der Waals surface area contributed by atoms with E-state index in [0.29, 0.717) is 18.7 Å². The average molecular weight is 159 g/mol. The summed E-state index contributed by atoms with van der Waals surface area (Å²) in [4.78, 5) is 0. The molecule has 66 valence electrons. The molecule has 0 aromatic heterocycles. The monoisotopic (exact) mass is 159 g/mol. The summed E-state index contributed by atoms with van der Waals surface area (Å²) in [5.74, 6) is 0.624. The van der Waals surface area contributed by atoms with Crippen molar-refractivity contribution < 1.29 is 9.84 Å². The number of nitrogens with one attached hydrogen (secondary N) is 1. The Morgan fingerprint density at radius 1 is 1.73 bits per heavy atom. The van der Waals surface area contributed by atoms with Crippen molar-refractivity contribution in [3.05, 3.63) is 12.3 Å². The molecule has 0 bridgehead atoms. The molecule has 3 nitrogen and oxygen atoms in total. The Morgan fingerprint density at radius 3 is 2.64 bits per heavy atom. The highest BCUT2D eigenvalue weighted by Crippen LogP contribution is 2.03. The standard InChI is InChI=1S/C8H17NO2/c1-5-8(3,10)9-6-7(2)11-4/h9-10H,2,5-6H2,1,3-4H3. The molecule has 0 saturated carbocycles. The average Bonchev–Trinajstić information content (AvgIpc) is 2.00. The van der Waals surface area contributed by atoms with E-state index in [1.165, 1.54) is 0 Å². The van der Waals surface area contributed by atoms with E-state index in [9.17, 15) is 5.11 Å². The maximum absolute atomic E-state index is 9.46. The van der Waals surface area contributed by atoms with Gasteiger partial charge in [0.05, 0.1) is 13.7 Å². The van der Waals surface area contributed by atoms with Gasteiger partial charge >= 0.3 is 0 Å². The lowest BCUT2D eigenvalue weighted by molar-refractivity contribution is 0.0199. The lowest BCUT2D eigenvalue weighted by Crippen LogP contribution is -2.42. The number of aliphatic hydroxyl groups is 1. The van der Waals surface area contributed by atoms with Gasteiger partial charge in [0, 0.05) is 0 Å². The van der Waals surface area contributed by atoms with Crippen LogP contribution in [0.3, 0.4) is 0 Å². The Kier molecular flexibility index (Phi) is 4.15. The fraction of sp³-hybridized carbons (Fsp3) is 0.750. The van der Waals surface area contributed by atoms with Crippen molar-refractivity contribution in [2.75, 3.05) is 13.7 Å². The van der Waals surface area contributed by atoms with Crippen LogP contribution in [0.4, 0.5) is 0 Å². The molecule has 0 saturated heterocycles. The first-order chi connectivity index (χ1) is 5.02. The van der Waals surface area contributed by atoms with Gasteiger partial charge in [0.2, 0.25) is 0 Å². The third-order valence-electron chi connectivity index (χ3n) is 1.64. The molecule has 2 N–H and O–H groups in total. The molecule has 1 unspecified atom stereocenters. The molecule has 1 atom stereocenters. The van der Waals surface area contributed by atoms with Crippen LogP contribution in [0, 0.1) is 0 Å². The normalized spacial score (nSPS) is 15.6. The lowest BCUT2D eigenvalue weighted by Gasteiger charge is -2.23. The summed E-state index contributed by atoms with van der Waals surface area (Å²) >= 11 is 0. The topological polar surface area (TPSA) is 41.5 Å². The number of ether oxygens (including phenoxy) is 1. The van der Waals surface area contributed by atoms with Gasteiger partial charge in [0.15, 0.2) is 0 Å². The molecule has 11 heavy (non-hydrogen) atoms. The third-order valence-corrected chi connectivity index (χ3v) is 1.64. The lowest BCUT2D eigenvalue weighted by atomic mass is 10.2. The zero-order chi connectivity index (χ0) is 8.91. The highest BCUT2D eigenvalue weighted by atomic mass is 16.5. The number of rotatable bonds is 5. The summed E-state index contributed by atoms with van der Waals surface area (Å²) in [7, 11) is 1.56. The first-order valence-electron chi connectivity index (χ1n) is 3.71. The van der Waals surface area contributed by atoms with Crippen molar-refractivity contribution in [2.24, 2.45) is 0 Å². The fourth-order valence-electron chi connectivity index (χ4n) is 0.486. The minimum Gasteiger partial charge on any atom is -0.500 e. The predicted molar refractivity (Wildman–Crippen MR) is 45.1 cm³/mol. The molecule has 0 aromatic carbocycles. The van der Waals surface area contributed by atoms with E-state index in [-0.39, 0.29) is 0 Å². The van der Waals surface area contributed by atoms with E-state index in [1.54, 1.807) is 14.0 Å². The van der Waals surface area contributed by atoms with Gasteiger partial charge in [-0.3, -0.25) is 5.32 Å². The highest BCUT2D eigenvalue weighted by Gasteiger charge is 2.15. The van der Waals surface area contributed by atoms with E-state index in [1.807, 2.05) is 6.92 Å². The van der Waals surface area contributed by atoms with Gasteiger partial charge in [-0.05, 0) is 13.3 Å². The van der Waals surface area contributed by atoms with Gasteiger partial charge in [-0.25, -0.2) is 0 Å². The second kappa shape index (κ2) is 4.36. The maximum atomic E-state index is 9.46. The maximum Gasteiger partial charge on any atom is 0.113 e. The van der Waals surface area contributed by atoms with Gasteiger partial charge in [-0.2, -0.15) is 0 Å². The molecule has 0 aliphatic rings. The van der Waals surface area contributed by atoms with Crippen molar-refractivity contribution >= 4 is 0 Å². The zero-order valence-electron chi connectivity index (χ0n) is 7.48. The Labute approximate surface area is 68.1 Å². The van der Waals surface area contributed by atoms with Crippen LogP contribution in [0.1, 0.15) is 20.3 Å². The molecule has 0 fully saturated rings. The molecule has 0 rings (SSSR count). The Morgan fingerprint density at radius 2 is 2.27 bits per heavy atom. The number of hydrogen-bond acceptors (Lipinski definition) is 3. The van der Waals surface area contributed by atoms with Gasteiger partial charge in [-0.1, -0.05) is 13.5 Å². The fourth-order valence-corrected chi connectivity index (χ4v) is 0.486. The molecule has 3 heteroatoms. The number of hydrogen-bond donors (Lipinski definition) is 2. The molecule has 0 heterocycles. The summed E-state index contributed by atoms with van der Waals surface area (Å²) in [6.07, 6.45) is 0.657. The summed E-state index contributed by atoms with van der Waals surface area (Å²) in [5, 5.41) is 12.4. The SMILES string of the molecule is C=C(CNC(C)(O)CC)OC. The third kappa shape index (κ3) is 4.81. The van der Waals surface area contributed by atoms with Crippen LogP contribution in [-0.2, 0) is 4.74 Å². The number of methoxy groups -OCH3 is 1. The zero-order valence-corrected chi connectivity index (χ0v) is 7.48. The summed E-state index contributed by atoms with van der Waals surface area (Å²) in [6.45, 7) is 7.72. The molecule has 0 aliphatic carbocycles. The van der Waals surface area contributed by atoms with Crippen molar-refractivity contribution in [3.63, 3.8) is 0 Å². The molecule has 0 radical (unpaired) electrons. The van der Waals surface area contributed by atoms with E-state index >= 15 is 0 Å². The molecule has 0 amide bonds. The van der Waals surface area contributed by atoms with Gasteiger partial charge in [0.1, 0.15) is 11.5 Å². The van der Waals surface area contributed by atoms with Crippen molar-refractivity contribution in [1.29, 1.82) is 0 Å². The molecule has 0 spiro atoms. The van der Waals surface area contributed by atoms with E-state index in [4.69, 9.17) is 4.74 Å². The van der Waals surface area contributed by atoms with Crippen molar-refractivity contribution in [1.82, 2.24) is 5.32 Å². The van der Waals surface area contributed by atoms with E-state index in [2.05, 4.69) is 11.9 Å². The summed E-state index contributed by atoms with van der Waals surface area (Å²) < 4.78 is 4.82. The van der Waals surface area contributed by atoms with Crippen LogP contribution in [0.2, 0.25) is 0 Å². The first kappa shape index (κ1) is 10.5. The van der Waals surface area contributed by atoms with Crippen LogP contribution in [0.5, 0.6) is 0 Å².